The molecule has 2 heterocycles. The molecule has 4 atom stereocenters. The number of carbonyl (C=O) groups excluding carboxylic acids is 1. The van der Waals surface area contributed by atoms with Crippen molar-refractivity contribution in [1.82, 2.24) is 9.55 Å². The molecule has 5 N–H and O–H groups in total. The van der Waals surface area contributed by atoms with Crippen LogP contribution >= 0.6 is 0 Å². The van der Waals surface area contributed by atoms with E-state index in [1.54, 1.807) is 0 Å². The summed E-state index contributed by atoms with van der Waals surface area (Å²) in [5, 5.41) is 29.7. The Labute approximate surface area is 213 Å². The Hall–Kier alpha value is -2.01. The number of nitrogens with zero attached hydrogens (tertiary/aromatic N) is 2. The Balaban J connectivity index is 1.67. The second-order valence-electron chi connectivity index (χ2n) is 9.68. The summed E-state index contributed by atoms with van der Waals surface area (Å²) in [7, 11) is 0. The van der Waals surface area contributed by atoms with Gasteiger partial charge in [0, 0.05) is 18.2 Å². The van der Waals surface area contributed by atoms with Crippen LogP contribution in [0, 0.1) is 0 Å². The molecular weight excluding hydrogens is 466 g/mol. The molecule has 0 amide bonds. The normalized spacial score (nSPS) is 21.7. The molecule has 0 aliphatic carbocycles. The van der Waals surface area contributed by atoms with E-state index in [4.69, 9.17) is 15.2 Å². The minimum atomic E-state index is -1.40. The summed E-state index contributed by atoms with van der Waals surface area (Å²) in [4.78, 5) is 28.2. The third-order valence-corrected chi connectivity index (χ3v) is 6.75. The number of carbonyl (C=O) groups is 1. The number of rotatable bonds is 18. The number of esters is 1. The first-order valence-electron chi connectivity index (χ1n) is 13.5. The summed E-state index contributed by atoms with van der Waals surface area (Å²) in [5.74, 6) is -0.602. The molecule has 1 aromatic rings. The average molecular weight is 512 g/mol. The lowest BCUT2D eigenvalue weighted by molar-refractivity contribution is -0.156. The fraction of sp³-hybridized carbons (Fsp3) is 0.808. The lowest BCUT2D eigenvalue weighted by Gasteiger charge is -2.20. The molecule has 0 radical (unpaired) electrons. The minimum Gasteiger partial charge on any atom is -0.457 e. The highest BCUT2D eigenvalue weighted by Gasteiger charge is 2.47. The SMILES string of the molecule is CCCCCCCCCCCCCCCC(=O)O[C@H]1[C@H](O)[C@H](n2cc(CO)c(N)nc2=O)O[C@@H]1CO. The highest BCUT2D eigenvalue weighted by atomic mass is 16.6. The van der Waals surface area contributed by atoms with E-state index >= 15 is 0 Å². The van der Waals surface area contributed by atoms with Crippen LogP contribution in [0.15, 0.2) is 11.0 Å². The summed E-state index contributed by atoms with van der Waals surface area (Å²) < 4.78 is 12.0. The second-order valence-corrected chi connectivity index (χ2v) is 9.68. The quantitative estimate of drug-likeness (QED) is 0.172. The highest BCUT2D eigenvalue weighted by molar-refractivity contribution is 5.69. The second kappa shape index (κ2) is 16.7. The third kappa shape index (κ3) is 9.46. The number of ether oxygens (including phenoxy) is 2. The van der Waals surface area contributed by atoms with Gasteiger partial charge in [0.25, 0.3) is 0 Å². The smallest absolute Gasteiger partial charge is 0.351 e. The summed E-state index contributed by atoms with van der Waals surface area (Å²) in [6, 6.07) is 0. The van der Waals surface area contributed by atoms with E-state index in [2.05, 4.69) is 11.9 Å². The molecule has 0 unspecified atom stereocenters. The first-order valence-corrected chi connectivity index (χ1v) is 13.5. The standard InChI is InChI=1S/C26H45N3O7/c1-2-3-4-5-6-7-8-9-10-11-12-13-14-15-21(32)36-23-20(18-31)35-25(22(23)33)29-16-19(17-30)24(27)28-26(29)34/h16,20,22-23,25,30-31,33H,2-15,17-18H2,1H3,(H2,27,28,34)/t20-,22+,23-,25-/m1/s1. The number of hydrogen-bond donors (Lipinski definition) is 4. The van der Waals surface area contributed by atoms with Crippen LogP contribution in [-0.4, -0.2) is 55.8 Å². The van der Waals surface area contributed by atoms with Crippen molar-refractivity contribution in [2.45, 2.75) is 128 Å². The lowest BCUT2D eigenvalue weighted by atomic mass is 10.0. The Morgan fingerprint density at radius 2 is 1.58 bits per heavy atom. The van der Waals surface area contributed by atoms with Crippen LogP contribution in [0.3, 0.4) is 0 Å². The summed E-state index contributed by atoms with van der Waals surface area (Å²) in [6.45, 7) is 1.28. The molecule has 1 aliphatic heterocycles. The maximum absolute atomic E-state index is 12.4. The maximum atomic E-state index is 12.4. The van der Waals surface area contributed by atoms with Crippen LogP contribution in [0.4, 0.5) is 5.82 Å². The molecule has 0 aromatic carbocycles. The fourth-order valence-corrected chi connectivity index (χ4v) is 4.57. The summed E-state index contributed by atoms with van der Waals surface area (Å²) in [5.41, 5.74) is 5.01. The number of aliphatic hydroxyl groups excluding tert-OH is 3. The average Bonchev–Trinajstić information content (AvgIpc) is 3.17. The van der Waals surface area contributed by atoms with Gasteiger partial charge in [-0.25, -0.2) is 4.79 Å². The molecule has 1 fully saturated rings. The third-order valence-electron chi connectivity index (χ3n) is 6.75. The van der Waals surface area contributed by atoms with Gasteiger partial charge in [-0.3, -0.25) is 9.36 Å². The molecule has 10 heteroatoms. The molecule has 0 bridgehead atoms. The van der Waals surface area contributed by atoms with E-state index in [0.29, 0.717) is 6.42 Å². The van der Waals surface area contributed by atoms with Gasteiger partial charge in [0.15, 0.2) is 12.3 Å². The van der Waals surface area contributed by atoms with Crippen molar-refractivity contribution in [3.63, 3.8) is 0 Å². The van der Waals surface area contributed by atoms with Crippen LogP contribution in [0.25, 0.3) is 0 Å². The zero-order valence-electron chi connectivity index (χ0n) is 21.6. The topological polar surface area (TPSA) is 157 Å². The molecule has 2 rings (SSSR count). The number of aliphatic hydroxyl groups is 3. The van der Waals surface area contributed by atoms with Crippen molar-refractivity contribution in [3.8, 4) is 0 Å². The van der Waals surface area contributed by atoms with Gasteiger partial charge in [-0.2, -0.15) is 4.98 Å². The summed E-state index contributed by atoms with van der Waals surface area (Å²) >= 11 is 0. The van der Waals surface area contributed by atoms with Crippen molar-refractivity contribution < 1.29 is 29.6 Å². The number of nitrogen functional groups attached to an aromatic ring is 1. The Bertz CT molecular complexity index is 832. The molecule has 0 saturated carbocycles. The predicted molar refractivity (Wildman–Crippen MR) is 136 cm³/mol. The Kier molecular flexibility index (Phi) is 14.0. The van der Waals surface area contributed by atoms with Crippen LogP contribution in [0.5, 0.6) is 0 Å². The van der Waals surface area contributed by atoms with Crippen LogP contribution in [0.2, 0.25) is 0 Å². The van der Waals surface area contributed by atoms with Gasteiger partial charge in [-0.15, -0.1) is 0 Å². The van der Waals surface area contributed by atoms with Crippen molar-refractivity contribution in [2.24, 2.45) is 0 Å². The molecule has 206 valence electrons. The van der Waals surface area contributed by atoms with Crippen LogP contribution in [-0.2, 0) is 20.9 Å². The van der Waals surface area contributed by atoms with Gasteiger partial charge in [0.1, 0.15) is 18.0 Å². The van der Waals surface area contributed by atoms with E-state index in [1.165, 1.54) is 64.0 Å². The molecule has 1 saturated heterocycles. The molecule has 1 aliphatic rings. The largest absolute Gasteiger partial charge is 0.457 e. The maximum Gasteiger partial charge on any atom is 0.351 e. The highest BCUT2D eigenvalue weighted by Crippen LogP contribution is 2.31. The first kappa shape index (κ1) is 30.2. The van der Waals surface area contributed by atoms with E-state index in [1.807, 2.05) is 0 Å². The first-order chi connectivity index (χ1) is 17.4. The Morgan fingerprint density at radius 3 is 2.11 bits per heavy atom. The van der Waals surface area contributed by atoms with Gasteiger partial charge in [0.05, 0.1) is 13.2 Å². The number of unbranched alkanes of at least 4 members (excludes halogenated alkanes) is 12. The summed E-state index contributed by atoms with van der Waals surface area (Å²) in [6.07, 6.45) is 12.4. The van der Waals surface area contributed by atoms with E-state index in [-0.39, 0.29) is 17.8 Å². The number of hydrogen-bond acceptors (Lipinski definition) is 9. The van der Waals surface area contributed by atoms with Crippen LogP contribution < -0.4 is 11.4 Å². The molecule has 36 heavy (non-hydrogen) atoms. The van der Waals surface area contributed by atoms with Crippen molar-refractivity contribution in [2.75, 3.05) is 12.3 Å². The number of anilines is 1. The monoisotopic (exact) mass is 511 g/mol. The zero-order chi connectivity index (χ0) is 26.3. The number of nitrogens with two attached hydrogens (primary N) is 1. The van der Waals surface area contributed by atoms with Crippen molar-refractivity contribution >= 4 is 11.8 Å². The molecule has 10 nitrogen and oxygen atoms in total. The van der Waals surface area contributed by atoms with Gasteiger partial charge in [0.2, 0.25) is 0 Å². The van der Waals surface area contributed by atoms with Crippen LogP contribution in [0.1, 0.15) is 109 Å². The molecular formula is C26H45N3O7. The van der Waals surface area contributed by atoms with Gasteiger partial charge in [-0.05, 0) is 6.42 Å². The van der Waals surface area contributed by atoms with E-state index in [0.717, 1.165) is 23.8 Å². The molecule has 0 spiro atoms. The lowest BCUT2D eigenvalue weighted by Crippen LogP contribution is -2.39. The Morgan fingerprint density at radius 1 is 1.03 bits per heavy atom. The van der Waals surface area contributed by atoms with Crippen molar-refractivity contribution in [3.05, 3.63) is 22.2 Å². The van der Waals surface area contributed by atoms with Gasteiger partial charge < -0.3 is 30.5 Å². The fourth-order valence-electron chi connectivity index (χ4n) is 4.57. The van der Waals surface area contributed by atoms with Gasteiger partial charge in [-0.1, -0.05) is 84.0 Å². The predicted octanol–water partition coefficient (Wildman–Crippen LogP) is 2.96. The van der Waals surface area contributed by atoms with Gasteiger partial charge >= 0.3 is 11.7 Å². The molecule has 1 aromatic heterocycles. The zero-order valence-corrected chi connectivity index (χ0v) is 21.6. The van der Waals surface area contributed by atoms with E-state index in [9.17, 15) is 24.9 Å². The minimum absolute atomic E-state index is 0.120. The van der Waals surface area contributed by atoms with E-state index < -0.39 is 49.4 Å². The number of aromatic nitrogens is 2. The van der Waals surface area contributed by atoms with Crippen molar-refractivity contribution in [1.29, 1.82) is 0 Å².